The molecule has 0 aliphatic carbocycles. The van der Waals surface area contributed by atoms with Crippen LogP contribution >= 0.6 is 23.2 Å². The van der Waals surface area contributed by atoms with Crippen LogP contribution in [0.2, 0.25) is 0 Å². The van der Waals surface area contributed by atoms with Gasteiger partial charge in [0.25, 0.3) is 11.8 Å². The molecule has 1 unspecified atom stereocenters. The van der Waals surface area contributed by atoms with E-state index in [2.05, 4.69) is 10.3 Å². The van der Waals surface area contributed by atoms with E-state index in [1.165, 1.54) is 54.6 Å². The van der Waals surface area contributed by atoms with Gasteiger partial charge in [0.15, 0.2) is 4.84 Å². The van der Waals surface area contributed by atoms with E-state index in [-0.39, 0.29) is 29.3 Å². The summed E-state index contributed by atoms with van der Waals surface area (Å²) in [7, 11) is 0. The Bertz CT molecular complexity index is 1590. The second kappa shape index (κ2) is 13.7. The van der Waals surface area contributed by atoms with Crippen LogP contribution in [0.1, 0.15) is 23.0 Å². The van der Waals surface area contributed by atoms with Crippen LogP contribution in [-0.2, 0) is 11.0 Å². The molecule has 0 spiro atoms. The monoisotopic (exact) mass is 635 g/mol. The zero-order chi connectivity index (χ0) is 31.1. The number of hydrogen-bond donors (Lipinski definition) is 1. The van der Waals surface area contributed by atoms with E-state index in [0.29, 0.717) is 18.0 Å². The number of para-hydroxylation sites is 2. The second-order valence-electron chi connectivity index (χ2n) is 9.09. The van der Waals surface area contributed by atoms with Crippen LogP contribution in [0.5, 0.6) is 17.4 Å². The average molecular weight is 636 g/mol. The molecule has 1 atom stereocenters. The van der Waals surface area contributed by atoms with Gasteiger partial charge in [0, 0.05) is 11.8 Å². The highest BCUT2D eigenvalue weighted by molar-refractivity contribution is 6.54. The van der Waals surface area contributed by atoms with E-state index in [9.17, 15) is 27.2 Å². The normalized spacial score (nSPS) is 14.1. The maximum atomic E-state index is 12.9. The van der Waals surface area contributed by atoms with Crippen molar-refractivity contribution in [2.45, 2.75) is 24.0 Å². The summed E-state index contributed by atoms with van der Waals surface area (Å²) in [6.07, 6.45) is -4.50. The number of alkyl halides is 5. The van der Waals surface area contributed by atoms with Gasteiger partial charge in [-0.25, -0.2) is 9.37 Å². The number of rotatable bonds is 5. The van der Waals surface area contributed by atoms with Crippen molar-refractivity contribution < 1.29 is 36.6 Å². The first-order valence-corrected chi connectivity index (χ1v) is 13.5. The molecule has 1 aliphatic rings. The van der Waals surface area contributed by atoms with Gasteiger partial charge in [0.1, 0.15) is 29.6 Å². The van der Waals surface area contributed by atoms with Crippen molar-refractivity contribution in [2.24, 2.45) is 0 Å². The Kier molecular flexibility index (Phi) is 10.1. The Labute approximate surface area is 254 Å². The maximum Gasteiger partial charge on any atom is 0.416 e. The van der Waals surface area contributed by atoms with Crippen molar-refractivity contribution in [3.8, 4) is 17.4 Å². The molecule has 7 nitrogen and oxygen atoms in total. The third kappa shape index (κ3) is 8.36. The van der Waals surface area contributed by atoms with Gasteiger partial charge < -0.3 is 19.7 Å². The molecule has 43 heavy (non-hydrogen) atoms. The lowest BCUT2D eigenvalue weighted by Crippen LogP contribution is -2.47. The Balaban J connectivity index is 0.000000225. The van der Waals surface area contributed by atoms with Crippen LogP contribution in [0.15, 0.2) is 91.0 Å². The van der Waals surface area contributed by atoms with Gasteiger partial charge in [-0.1, -0.05) is 47.5 Å². The molecule has 1 aliphatic heterocycles. The van der Waals surface area contributed by atoms with Crippen molar-refractivity contribution in [3.63, 3.8) is 0 Å². The maximum absolute atomic E-state index is 12.9. The van der Waals surface area contributed by atoms with Gasteiger partial charge in [-0.05, 0) is 67.6 Å². The number of carbonyl (C=O) groups is 2. The van der Waals surface area contributed by atoms with Gasteiger partial charge in [-0.3, -0.25) is 9.59 Å². The number of benzene rings is 3. The number of anilines is 2. The third-order valence-electron chi connectivity index (χ3n) is 5.91. The van der Waals surface area contributed by atoms with E-state index in [1.807, 2.05) is 31.2 Å². The zero-order valence-corrected chi connectivity index (χ0v) is 23.8. The Morgan fingerprint density at radius 1 is 1.00 bits per heavy atom. The van der Waals surface area contributed by atoms with Crippen molar-refractivity contribution >= 4 is 46.4 Å². The summed E-state index contributed by atoms with van der Waals surface area (Å²) >= 11 is 11.3. The van der Waals surface area contributed by atoms with Gasteiger partial charge in [-0.15, -0.1) is 0 Å². The van der Waals surface area contributed by atoms with Crippen molar-refractivity contribution in [2.75, 3.05) is 16.8 Å². The van der Waals surface area contributed by atoms with E-state index in [4.69, 9.17) is 32.7 Å². The second-order valence-corrected chi connectivity index (χ2v) is 10.2. The largest absolute Gasteiger partial charge is 0.489 e. The van der Waals surface area contributed by atoms with Crippen molar-refractivity contribution in [1.29, 1.82) is 0 Å². The molecule has 0 saturated carbocycles. The number of ether oxygens (including phenoxy) is 2. The number of pyridine rings is 1. The topological polar surface area (TPSA) is 80.8 Å². The molecular formula is C30H23Cl2F4N3O4. The number of carbonyl (C=O) groups excluding carboxylic acids is 2. The van der Waals surface area contributed by atoms with Gasteiger partial charge in [0.2, 0.25) is 5.88 Å². The summed E-state index contributed by atoms with van der Waals surface area (Å²) in [5.41, 5.74) is 0.221. The fourth-order valence-electron chi connectivity index (χ4n) is 3.92. The zero-order valence-electron chi connectivity index (χ0n) is 22.3. The van der Waals surface area contributed by atoms with E-state index in [1.54, 1.807) is 4.90 Å². The molecule has 2 heterocycles. The van der Waals surface area contributed by atoms with Crippen LogP contribution in [0.3, 0.4) is 0 Å². The Morgan fingerprint density at radius 3 is 2.40 bits per heavy atom. The number of fused-ring (bicyclic) bond motifs is 1. The Morgan fingerprint density at radius 2 is 1.70 bits per heavy atom. The number of hydrogen-bond acceptors (Lipinski definition) is 5. The number of amides is 2. The van der Waals surface area contributed by atoms with Crippen LogP contribution in [0, 0.1) is 5.82 Å². The first-order valence-electron chi connectivity index (χ1n) is 12.6. The lowest BCUT2D eigenvalue weighted by Gasteiger charge is -2.35. The predicted octanol–water partition coefficient (Wildman–Crippen LogP) is 7.89. The summed E-state index contributed by atoms with van der Waals surface area (Å²) in [6.45, 7) is 2.34. The smallest absolute Gasteiger partial charge is 0.416 e. The molecule has 4 aromatic rings. The summed E-state index contributed by atoms with van der Waals surface area (Å²) in [5.74, 6) is -0.747. The Hall–Kier alpha value is -4.35. The van der Waals surface area contributed by atoms with Crippen LogP contribution in [0.25, 0.3) is 0 Å². The first kappa shape index (κ1) is 31.6. The number of nitrogens with zero attached hydrogens (tertiary/aromatic N) is 2. The number of nitrogens with one attached hydrogen (secondary N) is 1. The highest BCUT2D eigenvalue weighted by Crippen LogP contribution is 2.35. The molecule has 0 bridgehead atoms. The quantitative estimate of drug-likeness (QED) is 0.178. The molecular weight excluding hydrogens is 613 g/mol. The van der Waals surface area contributed by atoms with Crippen LogP contribution in [-0.4, -0.2) is 34.3 Å². The van der Waals surface area contributed by atoms with E-state index < -0.39 is 28.3 Å². The van der Waals surface area contributed by atoms with Gasteiger partial charge in [0.05, 0.1) is 17.3 Å². The molecule has 224 valence electrons. The lowest BCUT2D eigenvalue weighted by molar-refractivity contribution is -0.137. The summed E-state index contributed by atoms with van der Waals surface area (Å²) in [4.78, 5) is 28.6. The first-order chi connectivity index (χ1) is 20.4. The summed E-state index contributed by atoms with van der Waals surface area (Å²) in [6, 6.07) is 21.1. The summed E-state index contributed by atoms with van der Waals surface area (Å²) < 4.78 is 62.0. The highest BCUT2D eigenvalue weighted by Gasteiger charge is 2.32. The summed E-state index contributed by atoms with van der Waals surface area (Å²) in [5, 5.41) is 2.53. The molecule has 5 rings (SSSR count). The molecule has 0 saturated heterocycles. The molecule has 1 N–H and O–H groups in total. The van der Waals surface area contributed by atoms with Crippen LogP contribution in [0.4, 0.5) is 28.9 Å². The fraction of sp³-hybridized carbons (Fsp3) is 0.167. The van der Waals surface area contributed by atoms with E-state index >= 15 is 0 Å². The lowest BCUT2D eigenvalue weighted by atomic mass is 10.1. The minimum Gasteiger partial charge on any atom is -0.489 e. The molecule has 1 aromatic heterocycles. The van der Waals surface area contributed by atoms with Crippen molar-refractivity contribution in [3.05, 3.63) is 108 Å². The minimum absolute atomic E-state index is 0.0104. The molecule has 13 heteroatoms. The van der Waals surface area contributed by atoms with Crippen LogP contribution < -0.4 is 19.7 Å². The number of halogens is 6. The molecule has 0 fully saturated rings. The fourth-order valence-corrected chi connectivity index (χ4v) is 4.14. The van der Waals surface area contributed by atoms with Gasteiger partial charge >= 0.3 is 6.18 Å². The SMILES string of the molecule is CC1COc2ccccc2N1C(=O)C(Cl)Cl.O=C(Nc1ccc(F)cc1)c1cccc(Oc2cccc(C(F)(F)F)c2)n1. The molecule has 2 amide bonds. The van der Waals surface area contributed by atoms with Gasteiger partial charge in [-0.2, -0.15) is 13.2 Å². The minimum atomic E-state index is -4.50. The highest BCUT2D eigenvalue weighted by atomic mass is 35.5. The standard InChI is InChI=1S/C19H12F4N2O2.C11H11Cl2NO2/c20-13-7-9-14(10-8-13)24-18(26)16-5-2-6-17(25-16)27-15-4-1-3-12(11-15)19(21,22)23;1-7-6-16-9-5-3-2-4-8(9)14(7)11(15)10(12)13/h1-11H,(H,24,26);2-5,7,10H,6H2,1H3. The third-order valence-corrected chi connectivity index (χ3v) is 6.29. The molecule has 3 aromatic carbocycles. The number of aromatic nitrogens is 1. The van der Waals surface area contributed by atoms with E-state index in [0.717, 1.165) is 17.8 Å². The molecule has 0 radical (unpaired) electrons. The predicted molar refractivity (Wildman–Crippen MR) is 154 cm³/mol. The van der Waals surface area contributed by atoms with Crippen molar-refractivity contribution in [1.82, 2.24) is 4.98 Å². The average Bonchev–Trinajstić information content (AvgIpc) is 2.98.